The van der Waals surface area contributed by atoms with Crippen LogP contribution in [0, 0.1) is 0 Å². The van der Waals surface area contributed by atoms with Crippen molar-refractivity contribution in [2.75, 3.05) is 7.11 Å². The summed E-state index contributed by atoms with van der Waals surface area (Å²) in [7, 11) is 1.67. The van der Waals surface area contributed by atoms with Gasteiger partial charge < -0.3 is 9.84 Å². The Balaban J connectivity index is 2.31. The van der Waals surface area contributed by atoms with E-state index in [0.717, 1.165) is 34.1 Å². The number of rotatable bonds is 3. The molecule has 3 aromatic carbocycles. The van der Waals surface area contributed by atoms with Gasteiger partial charge in [0.2, 0.25) is 0 Å². The van der Waals surface area contributed by atoms with Crippen LogP contribution in [0.3, 0.4) is 0 Å². The van der Waals surface area contributed by atoms with Crippen LogP contribution in [0.1, 0.15) is 12.5 Å². The molecule has 0 aliphatic heterocycles. The van der Waals surface area contributed by atoms with E-state index in [9.17, 15) is 5.11 Å². The molecule has 3 rings (SSSR count). The maximum atomic E-state index is 10.2. The third-order valence-electron chi connectivity index (χ3n) is 3.86. The number of aryl methyl sites for hydroxylation is 1. The zero-order chi connectivity index (χ0) is 14.8. The van der Waals surface area contributed by atoms with Crippen LogP contribution in [0.4, 0.5) is 0 Å². The van der Waals surface area contributed by atoms with Gasteiger partial charge in [0.25, 0.3) is 0 Å². The third kappa shape index (κ3) is 2.33. The Labute approximate surface area is 124 Å². The van der Waals surface area contributed by atoms with Crippen LogP contribution in [0.2, 0.25) is 0 Å². The van der Waals surface area contributed by atoms with Gasteiger partial charge in [0.05, 0.1) is 7.11 Å². The Hall–Kier alpha value is -2.48. The molecular formula is C19H18O2. The van der Waals surface area contributed by atoms with Gasteiger partial charge in [0.1, 0.15) is 11.5 Å². The van der Waals surface area contributed by atoms with Gasteiger partial charge in [0.15, 0.2) is 0 Å². The largest absolute Gasteiger partial charge is 0.507 e. The standard InChI is InChI=1S/C19H18O2/c1-3-13-12-18(20)16-6-4-5-7-17(16)19(13)14-8-10-15(21-2)11-9-14/h4-12,20H,3H2,1-2H3. The van der Waals surface area contributed by atoms with Gasteiger partial charge in [-0.05, 0) is 46.7 Å². The summed E-state index contributed by atoms with van der Waals surface area (Å²) in [6.07, 6.45) is 0.875. The van der Waals surface area contributed by atoms with Crippen molar-refractivity contribution in [3.8, 4) is 22.6 Å². The molecule has 21 heavy (non-hydrogen) atoms. The zero-order valence-electron chi connectivity index (χ0n) is 12.3. The summed E-state index contributed by atoms with van der Waals surface area (Å²) in [6, 6.07) is 17.9. The lowest BCUT2D eigenvalue weighted by Gasteiger charge is -2.14. The van der Waals surface area contributed by atoms with E-state index >= 15 is 0 Å². The van der Waals surface area contributed by atoms with Crippen LogP contribution in [-0.4, -0.2) is 12.2 Å². The van der Waals surface area contributed by atoms with E-state index in [4.69, 9.17) is 4.74 Å². The van der Waals surface area contributed by atoms with E-state index in [0.29, 0.717) is 5.75 Å². The molecule has 2 heteroatoms. The highest BCUT2D eigenvalue weighted by atomic mass is 16.5. The molecule has 0 aromatic heterocycles. The van der Waals surface area contributed by atoms with Crippen LogP contribution in [0.25, 0.3) is 21.9 Å². The summed E-state index contributed by atoms with van der Waals surface area (Å²) in [5.41, 5.74) is 3.48. The topological polar surface area (TPSA) is 29.5 Å². The van der Waals surface area contributed by atoms with Gasteiger partial charge in [-0.15, -0.1) is 0 Å². The van der Waals surface area contributed by atoms with Gasteiger partial charge in [-0.2, -0.15) is 0 Å². The van der Waals surface area contributed by atoms with Gasteiger partial charge in [-0.3, -0.25) is 0 Å². The minimum absolute atomic E-state index is 0.347. The Morgan fingerprint density at radius 3 is 2.24 bits per heavy atom. The van der Waals surface area contributed by atoms with Gasteiger partial charge >= 0.3 is 0 Å². The average molecular weight is 278 g/mol. The third-order valence-corrected chi connectivity index (χ3v) is 3.86. The summed E-state index contributed by atoms with van der Waals surface area (Å²) in [5.74, 6) is 1.19. The molecule has 0 aliphatic carbocycles. The number of aromatic hydroxyl groups is 1. The number of ether oxygens (including phenoxy) is 1. The van der Waals surface area contributed by atoms with Crippen molar-refractivity contribution in [2.45, 2.75) is 13.3 Å². The smallest absolute Gasteiger partial charge is 0.123 e. The van der Waals surface area contributed by atoms with E-state index in [2.05, 4.69) is 25.1 Å². The second-order valence-electron chi connectivity index (χ2n) is 5.06. The quantitative estimate of drug-likeness (QED) is 0.747. The highest BCUT2D eigenvalue weighted by molar-refractivity contribution is 6.01. The van der Waals surface area contributed by atoms with Crippen LogP contribution in [0.15, 0.2) is 54.6 Å². The minimum atomic E-state index is 0.347. The van der Waals surface area contributed by atoms with E-state index in [1.807, 2.05) is 36.4 Å². The molecule has 0 atom stereocenters. The van der Waals surface area contributed by atoms with Crippen molar-refractivity contribution in [2.24, 2.45) is 0 Å². The van der Waals surface area contributed by atoms with Crippen LogP contribution >= 0.6 is 0 Å². The predicted octanol–water partition coefficient (Wildman–Crippen LogP) is 4.78. The first-order valence-corrected chi connectivity index (χ1v) is 7.12. The fourth-order valence-electron chi connectivity index (χ4n) is 2.79. The molecule has 0 heterocycles. The molecule has 0 fully saturated rings. The summed E-state index contributed by atoms with van der Waals surface area (Å²) >= 11 is 0. The fraction of sp³-hybridized carbons (Fsp3) is 0.158. The highest BCUT2D eigenvalue weighted by Crippen LogP contribution is 2.37. The number of phenolic OH excluding ortho intramolecular Hbond substituents is 1. The van der Waals surface area contributed by atoms with Crippen LogP contribution < -0.4 is 4.74 Å². The average Bonchev–Trinajstić information content (AvgIpc) is 2.55. The SMILES string of the molecule is CCc1cc(O)c2ccccc2c1-c1ccc(OC)cc1. The van der Waals surface area contributed by atoms with E-state index < -0.39 is 0 Å². The van der Waals surface area contributed by atoms with Crippen LogP contribution in [-0.2, 0) is 6.42 Å². The van der Waals surface area contributed by atoms with Crippen molar-refractivity contribution in [1.82, 2.24) is 0 Å². The normalized spacial score (nSPS) is 10.8. The number of benzene rings is 3. The van der Waals surface area contributed by atoms with Gasteiger partial charge in [-0.1, -0.05) is 43.3 Å². The fourth-order valence-corrected chi connectivity index (χ4v) is 2.79. The Morgan fingerprint density at radius 2 is 1.62 bits per heavy atom. The number of hydrogen-bond donors (Lipinski definition) is 1. The number of phenols is 1. The van der Waals surface area contributed by atoms with Crippen molar-refractivity contribution in [1.29, 1.82) is 0 Å². The van der Waals surface area contributed by atoms with E-state index in [-0.39, 0.29) is 0 Å². The second-order valence-corrected chi connectivity index (χ2v) is 5.06. The maximum absolute atomic E-state index is 10.2. The minimum Gasteiger partial charge on any atom is -0.507 e. The molecule has 0 spiro atoms. The summed E-state index contributed by atoms with van der Waals surface area (Å²) in [6.45, 7) is 2.11. The monoisotopic (exact) mass is 278 g/mol. The van der Waals surface area contributed by atoms with Gasteiger partial charge in [0, 0.05) is 5.39 Å². The number of fused-ring (bicyclic) bond motifs is 1. The Bertz CT molecular complexity index is 773. The Morgan fingerprint density at radius 1 is 0.952 bits per heavy atom. The molecule has 0 bridgehead atoms. The van der Waals surface area contributed by atoms with Crippen molar-refractivity contribution < 1.29 is 9.84 Å². The van der Waals surface area contributed by atoms with Crippen molar-refractivity contribution in [3.05, 3.63) is 60.2 Å². The molecule has 0 amide bonds. The molecule has 0 saturated carbocycles. The van der Waals surface area contributed by atoms with Crippen LogP contribution in [0.5, 0.6) is 11.5 Å². The first-order valence-electron chi connectivity index (χ1n) is 7.12. The molecule has 0 unspecified atom stereocenters. The summed E-state index contributed by atoms with van der Waals surface area (Å²) in [4.78, 5) is 0. The number of hydrogen-bond acceptors (Lipinski definition) is 2. The lowest BCUT2D eigenvalue weighted by molar-refractivity contribution is 0.415. The first-order chi connectivity index (χ1) is 10.2. The molecule has 2 nitrogen and oxygen atoms in total. The van der Waals surface area contributed by atoms with Crippen molar-refractivity contribution >= 4 is 10.8 Å². The second kappa shape index (κ2) is 5.49. The molecule has 106 valence electrons. The summed E-state index contributed by atoms with van der Waals surface area (Å²) in [5, 5.41) is 12.2. The number of methoxy groups -OCH3 is 1. The zero-order valence-corrected chi connectivity index (χ0v) is 12.3. The maximum Gasteiger partial charge on any atom is 0.123 e. The lowest BCUT2D eigenvalue weighted by Crippen LogP contribution is -1.91. The molecule has 0 saturated heterocycles. The first kappa shape index (κ1) is 13.5. The van der Waals surface area contributed by atoms with E-state index in [1.165, 1.54) is 5.56 Å². The Kier molecular flexibility index (Phi) is 3.53. The molecule has 1 N–H and O–H groups in total. The lowest BCUT2D eigenvalue weighted by atomic mass is 9.91. The summed E-state index contributed by atoms with van der Waals surface area (Å²) < 4.78 is 5.23. The highest BCUT2D eigenvalue weighted by Gasteiger charge is 2.12. The van der Waals surface area contributed by atoms with Crippen molar-refractivity contribution in [3.63, 3.8) is 0 Å². The molecule has 0 radical (unpaired) electrons. The van der Waals surface area contributed by atoms with E-state index in [1.54, 1.807) is 7.11 Å². The molecule has 3 aromatic rings. The molecular weight excluding hydrogens is 260 g/mol. The van der Waals surface area contributed by atoms with Gasteiger partial charge in [-0.25, -0.2) is 0 Å². The predicted molar refractivity (Wildman–Crippen MR) is 87.0 cm³/mol. The molecule has 0 aliphatic rings.